The molecule has 1 aromatic heterocycles. The number of ether oxygens (including phenoxy) is 1. The molecule has 4 rings (SSSR count). The van der Waals surface area contributed by atoms with E-state index >= 15 is 0 Å². The Morgan fingerprint density at radius 1 is 1.13 bits per heavy atom. The Morgan fingerprint density at radius 2 is 1.84 bits per heavy atom. The van der Waals surface area contributed by atoms with E-state index in [2.05, 4.69) is 30.1 Å². The van der Waals surface area contributed by atoms with Gasteiger partial charge in [-0.3, -0.25) is 4.99 Å². The predicted octanol–water partition coefficient (Wildman–Crippen LogP) is 2.68. The number of aromatic nitrogens is 2. The SMILES string of the molecule is CN=C(NCC1(c2cccc(F)c2)CCOCC1)N1CCN(c2ncccn2)CC1.I. The van der Waals surface area contributed by atoms with Crippen molar-refractivity contribution < 1.29 is 9.13 Å². The Hall–Kier alpha value is -2.01. The molecule has 0 aliphatic carbocycles. The zero-order valence-electron chi connectivity index (χ0n) is 17.8. The lowest BCUT2D eigenvalue weighted by molar-refractivity contribution is 0.0510. The van der Waals surface area contributed by atoms with Gasteiger partial charge in [0.15, 0.2) is 5.96 Å². The Bertz CT molecular complexity index is 854. The van der Waals surface area contributed by atoms with Gasteiger partial charge in [-0.2, -0.15) is 0 Å². The molecule has 0 atom stereocenters. The highest BCUT2D eigenvalue weighted by Gasteiger charge is 2.35. The van der Waals surface area contributed by atoms with Crippen LogP contribution in [0.4, 0.5) is 10.3 Å². The Balaban J connectivity index is 0.00000272. The summed E-state index contributed by atoms with van der Waals surface area (Å²) in [7, 11) is 1.81. The van der Waals surface area contributed by atoms with Crippen molar-refractivity contribution in [1.29, 1.82) is 0 Å². The number of halogens is 2. The summed E-state index contributed by atoms with van der Waals surface area (Å²) in [5.74, 6) is 1.46. The van der Waals surface area contributed by atoms with Gasteiger partial charge in [-0.25, -0.2) is 14.4 Å². The summed E-state index contributed by atoms with van der Waals surface area (Å²) in [5, 5.41) is 3.57. The molecule has 7 nitrogen and oxygen atoms in total. The predicted molar refractivity (Wildman–Crippen MR) is 131 cm³/mol. The highest BCUT2D eigenvalue weighted by Crippen LogP contribution is 2.34. The second-order valence-electron chi connectivity index (χ2n) is 7.83. The minimum atomic E-state index is -0.193. The van der Waals surface area contributed by atoms with Gasteiger partial charge in [-0.1, -0.05) is 12.1 Å². The van der Waals surface area contributed by atoms with E-state index < -0.39 is 0 Å². The van der Waals surface area contributed by atoms with E-state index in [1.54, 1.807) is 24.5 Å². The number of piperazine rings is 1. The van der Waals surface area contributed by atoms with E-state index in [1.165, 1.54) is 6.07 Å². The molecular weight excluding hydrogens is 510 g/mol. The van der Waals surface area contributed by atoms with E-state index in [0.717, 1.165) is 56.5 Å². The first-order valence-corrected chi connectivity index (χ1v) is 10.5. The molecule has 168 valence electrons. The van der Waals surface area contributed by atoms with Gasteiger partial charge in [-0.05, 0) is 36.6 Å². The second kappa shape index (κ2) is 11.0. The Morgan fingerprint density at radius 3 is 2.48 bits per heavy atom. The fourth-order valence-corrected chi connectivity index (χ4v) is 4.30. The minimum absolute atomic E-state index is 0. The number of rotatable bonds is 4. The third-order valence-electron chi connectivity index (χ3n) is 6.10. The molecule has 2 aliphatic heterocycles. The summed E-state index contributed by atoms with van der Waals surface area (Å²) in [4.78, 5) is 17.7. The third-order valence-corrected chi connectivity index (χ3v) is 6.10. The molecule has 0 amide bonds. The van der Waals surface area contributed by atoms with Gasteiger partial charge >= 0.3 is 0 Å². The highest BCUT2D eigenvalue weighted by atomic mass is 127. The number of aliphatic imine (C=N–C) groups is 1. The van der Waals surface area contributed by atoms with Crippen LogP contribution < -0.4 is 10.2 Å². The molecule has 0 unspecified atom stereocenters. The van der Waals surface area contributed by atoms with E-state index in [0.29, 0.717) is 19.8 Å². The van der Waals surface area contributed by atoms with Crippen LogP contribution in [-0.4, -0.2) is 73.8 Å². The van der Waals surface area contributed by atoms with Gasteiger partial charge in [0.25, 0.3) is 0 Å². The third kappa shape index (κ3) is 5.62. The van der Waals surface area contributed by atoms with Crippen molar-refractivity contribution in [3.63, 3.8) is 0 Å². The van der Waals surface area contributed by atoms with E-state index in [4.69, 9.17) is 4.74 Å². The molecule has 3 heterocycles. The smallest absolute Gasteiger partial charge is 0.225 e. The van der Waals surface area contributed by atoms with Crippen LogP contribution in [0, 0.1) is 5.82 Å². The van der Waals surface area contributed by atoms with Crippen molar-refractivity contribution in [2.75, 3.05) is 57.9 Å². The maximum absolute atomic E-state index is 13.9. The number of hydrogen-bond acceptors (Lipinski definition) is 5. The molecule has 0 saturated carbocycles. The highest BCUT2D eigenvalue weighted by molar-refractivity contribution is 14.0. The van der Waals surface area contributed by atoms with Crippen LogP contribution in [0.5, 0.6) is 0 Å². The molecule has 2 aromatic rings. The van der Waals surface area contributed by atoms with E-state index in [-0.39, 0.29) is 35.2 Å². The lowest BCUT2D eigenvalue weighted by Gasteiger charge is -2.40. The van der Waals surface area contributed by atoms with Crippen LogP contribution in [0.3, 0.4) is 0 Å². The minimum Gasteiger partial charge on any atom is -0.381 e. The maximum Gasteiger partial charge on any atom is 0.225 e. The molecule has 0 bridgehead atoms. The average molecular weight is 540 g/mol. The molecule has 1 aromatic carbocycles. The molecular formula is C22H30FIN6O. The van der Waals surface area contributed by atoms with E-state index in [9.17, 15) is 4.39 Å². The molecule has 0 spiro atoms. The van der Waals surface area contributed by atoms with Gasteiger partial charge in [-0.15, -0.1) is 24.0 Å². The number of guanidine groups is 1. The quantitative estimate of drug-likeness (QED) is 0.366. The van der Waals surface area contributed by atoms with Crippen LogP contribution >= 0.6 is 24.0 Å². The zero-order chi connectivity index (χ0) is 20.8. The van der Waals surface area contributed by atoms with Gasteiger partial charge in [0.1, 0.15) is 5.82 Å². The first-order chi connectivity index (χ1) is 14.7. The lowest BCUT2D eigenvalue weighted by Crippen LogP contribution is -2.55. The molecule has 31 heavy (non-hydrogen) atoms. The van der Waals surface area contributed by atoms with Crippen molar-refractivity contribution in [3.05, 3.63) is 54.1 Å². The normalized spacial score (nSPS) is 19.0. The topological polar surface area (TPSA) is 65.9 Å². The summed E-state index contributed by atoms with van der Waals surface area (Å²) >= 11 is 0. The maximum atomic E-state index is 13.9. The number of nitrogens with one attached hydrogen (secondary N) is 1. The summed E-state index contributed by atoms with van der Waals surface area (Å²) in [6.45, 7) is 5.44. The molecule has 9 heteroatoms. The van der Waals surface area contributed by atoms with Crippen molar-refractivity contribution in [2.45, 2.75) is 18.3 Å². The van der Waals surface area contributed by atoms with Gasteiger partial charge in [0, 0.05) is 70.8 Å². The fraction of sp³-hybridized carbons (Fsp3) is 0.500. The molecule has 0 radical (unpaired) electrons. The zero-order valence-corrected chi connectivity index (χ0v) is 20.2. The van der Waals surface area contributed by atoms with Crippen LogP contribution in [0.1, 0.15) is 18.4 Å². The second-order valence-corrected chi connectivity index (χ2v) is 7.83. The van der Waals surface area contributed by atoms with Crippen molar-refractivity contribution in [2.24, 2.45) is 4.99 Å². The fourth-order valence-electron chi connectivity index (χ4n) is 4.30. The standard InChI is InChI=1S/C22H29FN6O.HI/c1-24-20(28-10-12-29(13-11-28)21-25-8-3-9-26-21)27-17-22(6-14-30-15-7-22)18-4-2-5-19(23)16-18;/h2-5,8-9,16H,6-7,10-15,17H2,1H3,(H,24,27);1H. The number of hydrogen-bond donors (Lipinski definition) is 1. The number of anilines is 1. The van der Waals surface area contributed by atoms with Gasteiger partial charge in [0.05, 0.1) is 0 Å². The van der Waals surface area contributed by atoms with Crippen molar-refractivity contribution in [1.82, 2.24) is 20.2 Å². The van der Waals surface area contributed by atoms with Crippen molar-refractivity contribution in [3.8, 4) is 0 Å². The first kappa shape index (κ1) is 23.6. The Kier molecular flexibility index (Phi) is 8.42. The number of benzene rings is 1. The lowest BCUT2D eigenvalue weighted by atomic mass is 9.74. The van der Waals surface area contributed by atoms with Gasteiger partial charge < -0.3 is 19.9 Å². The van der Waals surface area contributed by atoms with E-state index in [1.807, 2.05) is 19.2 Å². The summed E-state index contributed by atoms with van der Waals surface area (Å²) in [5.41, 5.74) is 0.871. The summed E-state index contributed by atoms with van der Waals surface area (Å²) in [6, 6.07) is 8.81. The van der Waals surface area contributed by atoms with Crippen LogP contribution in [0.25, 0.3) is 0 Å². The van der Waals surface area contributed by atoms with Crippen molar-refractivity contribution >= 4 is 35.9 Å². The average Bonchev–Trinajstić information content (AvgIpc) is 2.81. The molecule has 2 saturated heterocycles. The monoisotopic (exact) mass is 540 g/mol. The molecule has 2 aliphatic rings. The number of nitrogens with zero attached hydrogens (tertiary/aromatic N) is 5. The largest absolute Gasteiger partial charge is 0.381 e. The molecule has 2 fully saturated rings. The van der Waals surface area contributed by atoms with Crippen LogP contribution in [-0.2, 0) is 10.2 Å². The molecule has 1 N–H and O–H groups in total. The van der Waals surface area contributed by atoms with Gasteiger partial charge in [0.2, 0.25) is 5.95 Å². The summed E-state index contributed by atoms with van der Waals surface area (Å²) < 4.78 is 19.5. The first-order valence-electron chi connectivity index (χ1n) is 10.5. The Labute approximate surface area is 200 Å². The van der Waals surface area contributed by atoms with Crippen LogP contribution in [0.2, 0.25) is 0 Å². The van der Waals surface area contributed by atoms with Crippen LogP contribution in [0.15, 0.2) is 47.7 Å². The summed E-state index contributed by atoms with van der Waals surface area (Å²) in [6.07, 6.45) is 5.27.